The third kappa shape index (κ3) is 5.47. The van der Waals surface area contributed by atoms with Crippen LogP contribution in [0.2, 0.25) is 0 Å². The van der Waals surface area contributed by atoms with Gasteiger partial charge < -0.3 is 34.8 Å². The highest BCUT2D eigenvalue weighted by Crippen LogP contribution is 2.27. The van der Waals surface area contributed by atoms with Gasteiger partial charge in [0, 0.05) is 39.9 Å². The average Bonchev–Trinajstić information content (AvgIpc) is 2.83. The number of benzene rings is 2. The van der Waals surface area contributed by atoms with E-state index in [2.05, 4.69) is 26.6 Å². The van der Waals surface area contributed by atoms with E-state index < -0.39 is 0 Å². The number of hydrogen-bond donors (Lipinski definition) is 2. The first-order valence-corrected chi connectivity index (χ1v) is 10.6. The topological polar surface area (TPSA) is 87.9 Å². The van der Waals surface area contributed by atoms with Crippen LogP contribution in [0.3, 0.4) is 0 Å². The molecular formula is C23H26BrN3O5. The Morgan fingerprint density at radius 3 is 1.53 bits per heavy atom. The minimum atomic E-state index is 0.390. The first-order chi connectivity index (χ1) is 15.5. The van der Waals surface area contributed by atoms with Crippen LogP contribution in [0.1, 0.15) is 11.1 Å². The summed E-state index contributed by atoms with van der Waals surface area (Å²) in [6.45, 7) is 0.801. The molecule has 3 aromatic rings. The minimum Gasteiger partial charge on any atom is -0.740 e. The monoisotopic (exact) mass is 503 g/mol. The molecule has 32 heavy (non-hydrogen) atoms. The Kier molecular flexibility index (Phi) is 7.88. The summed E-state index contributed by atoms with van der Waals surface area (Å²) in [5.41, 5.74) is 1.79. The van der Waals surface area contributed by atoms with Gasteiger partial charge in [-0.1, -0.05) is 15.9 Å². The molecule has 9 heteroatoms. The number of nitrogens with one attached hydrogen (secondary N) is 2. The number of pyridine rings is 1. The lowest BCUT2D eigenvalue weighted by Gasteiger charge is -2.18. The molecule has 0 bridgehead atoms. The molecule has 2 aromatic carbocycles. The van der Waals surface area contributed by atoms with Crippen molar-refractivity contribution >= 4 is 27.6 Å². The summed E-state index contributed by atoms with van der Waals surface area (Å²) in [6.07, 6.45) is 0. The van der Waals surface area contributed by atoms with E-state index in [-0.39, 0.29) is 0 Å². The lowest BCUT2D eigenvalue weighted by Crippen LogP contribution is -2.34. The van der Waals surface area contributed by atoms with E-state index in [0.717, 1.165) is 20.3 Å². The van der Waals surface area contributed by atoms with Crippen molar-refractivity contribution in [3.63, 3.8) is 0 Å². The van der Waals surface area contributed by atoms with Crippen LogP contribution in [0.25, 0.3) is 0 Å². The molecular weight excluding hydrogens is 478 g/mol. The summed E-state index contributed by atoms with van der Waals surface area (Å²) in [6, 6.07) is 14.5. The lowest BCUT2D eigenvalue weighted by molar-refractivity contribution is -0.575. The van der Waals surface area contributed by atoms with E-state index in [1.165, 1.54) is 0 Å². The summed E-state index contributed by atoms with van der Waals surface area (Å²) in [5, 5.41) is 19.3. The SMILES string of the molecule is COc1ccc(CNc2cc(Br)cc(NCc3ccc(OC)cc3OC)[n+]2[O-])c(OC)c1. The molecule has 0 fully saturated rings. The average molecular weight is 504 g/mol. The Balaban J connectivity index is 1.76. The van der Waals surface area contributed by atoms with Gasteiger partial charge in [-0.2, -0.15) is 0 Å². The fourth-order valence-corrected chi connectivity index (χ4v) is 3.60. The number of methoxy groups -OCH3 is 4. The van der Waals surface area contributed by atoms with Crippen LogP contribution in [-0.2, 0) is 13.1 Å². The van der Waals surface area contributed by atoms with Gasteiger partial charge in [0.05, 0.1) is 41.5 Å². The number of aromatic nitrogens is 1. The van der Waals surface area contributed by atoms with Gasteiger partial charge in [0.2, 0.25) is 11.6 Å². The van der Waals surface area contributed by atoms with E-state index in [4.69, 9.17) is 18.9 Å². The van der Waals surface area contributed by atoms with Gasteiger partial charge in [0.15, 0.2) is 0 Å². The predicted molar refractivity (Wildman–Crippen MR) is 127 cm³/mol. The smallest absolute Gasteiger partial charge is 0.223 e. The Bertz CT molecular complexity index is 997. The largest absolute Gasteiger partial charge is 0.740 e. The molecule has 8 nitrogen and oxygen atoms in total. The van der Waals surface area contributed by atoms with E-state index in [0.29, 0.717) is 47.7 Å². The van der Waals surface area contributed by atoms with Gasteiger partial charge in [-0.05, 0) is 24.3 Å². The third-order valence-electron chi connectivity index (χ3n) is 4.90. The van der Waals surface area contributed by atoms with Crippen molar-refractivity contribution in [1.29, 1.82) is 0 Å². The Labute approximate surface area is 195 Å². The van der Waals surface area contributed by atoms with Crippen LogP contribution in [0.5, 0.6) is 23.0 Å². The van der Waals surface area contributed by atoms with Gasteiger partial charge in [-0.3, -0.25) is 0 Å². The van der Waals surface area contributed by atoms with Crippen LogP contribution in [0.4, 0.5) is 11.6 Å². The van der Waals surface area contributed by atoms with Crippen LogP contribution in [0, 0.1) is 5.21 Å². The van der Waals surface area contributed by atoms with E-state index in [1.54, 1.807) is 52.7 Å². The number of ether oxygens (including phenoxy) is 4. The Morgan fingerprint density at radius 1 is 0.719 bits per heavy atom. The van der Waals surface area contributed by atoms with Crippen molar-refractivity contribution < 1.29 is 23.7 Å². The molecule has 0 aliphatic rings. The van der Waals surface area contributed by atoms with Crippen molar-refractivity contribution in [3.05, 3.63) is 69.3 Å². The maximum atomic E-state index is 12.9. The van der Waals surface area contributed by atoms with Crippen molar-refractivity contribution in [2.45, 2.75) is 13.1 Å². The highest BCUT2D eigenvalue weighted by molar-refractivity contribution is 9.10. The van der Waals surface area contributed by atoms with Gasteiger partial charge in [-0.15, -0.1) is 0 Å². The highest BCUT2D eigenvalue weighted by atomic mass is 79.9. The zero-order chi connectivity index (χ0) is 23.1. The number of nitrogens with zero attached hydrogens (tertiary/aromatic N) is 1. The summed E-state index contributed by atoms with van der Waals surface area (Å²) in [4.78, 5) is 0. The van der Waals surface area contributed by atoms with Crippen molar-refractivity contribution in [2.24, 2.45) is 0 Å². The summed E-state index contributed by atoms with van der Waals surface area (Å²) in [7, 11) is 6.40. The van der Waals surface area contributed by atoms with Crippen LogP contribution in [0.15, 0.2) is 53.0 Å². The standard InChI is InChI=1S/C23H26BrN3O5/c1-29-18-7-5-15(20(11-18)31-3)13-25-22-9-17(24)10-23(27(22)28)26-14-16-6-8-19(30-2)12-21(16)32-4/h5-12,25-26H,13-14H2,1-4H3. The summed E-state index contributed by atoms with van der Waals surface area (Å²) in [5.74, 6) is 3.53. The van der Waals surface area contributed by atoms with Crippen LogP contribution in [-0.4, -0.2) is 28.4 Å². The minimum absolute atomic E-state index is 0.390. The molecule has 0 amide bonds. The van der Waals surface area contributed by atoms with Crippen molar-refractivity contribution in [2.75, 3.05) is 39.1 Å². The maximum absolute atomic E-state index is 12.9. The first kappa shape index (κ1) is 23.3. The number of rotatable bonds is 10. The van der Waals surface area contributed by atoms with Crippen LogP contribution < -0.4 is 34.3 Å². The predicted octanol–water partition coefficient (Wildman–Crippen LogP) is 4.34. The molecule has 0 atom stereocenters. The zero-order valence-electron chi connectivity index (χ0n) is 18.4. The first-order valence-electron chi connectivity index (χ1n) is 9.81. The Hall–Kier alpha value is -3.33. The molecule has 0 spiro atoms. The second-order valence-electron chi connectivity index (χ2n) is 6.80. The van der Waals surface area contributed by atoms with E-state index in [9.17, 15) is 5.21 Å². The van der Waals surface area contributed by atoms with E-state index >= 15 is 0 Å². The highest BCUT2D eigenvalue weighted by Gasteiger charge is 2.13. The zero-order valence-corrected chi connectivity index (χ0v) is 20.0. The van der Waals surface area contributed by atoms with Gasteiger partial charge in [0.1, 0.15) is 23.0 Å². The number of hydrogen-bond acceptors (Lipinski definition) is 7. The molecule has 0 radical (unpaired) electrons. The van der Waals surface area contributed by atoms with Crippen LogP contribution >= 0.6 is 15.9 Å². The second kappa shape index (κ2) is 10.8. The second-order valence-corrected chi connectivity index (χ2v) is 7.72. The fourth-order valence-electron chi connectivity index (χ4n) is 3.16. The van der Waals surface area contributed by atoms with Crippen molar-refractivity contribution in [3.8, 4) is 23.0 Å². The molecule has 0 saturated carbocycles. The molecule has 2 N–H and O–H groups in total. The summed E-state index contributed by atoms with van der Waals surface area (Å²) >= 11 is 3.48. The number of halogens is 1. The molecule has 170 valence electrons. The molecule has 1 aromatic heterocycles. The van der Waals surface area contributed by atoms with Gasteiger partial charge in [0.25, 0.3) is 0 Å². The molecule has 0 unspecified atom stereocenters. The van der Waals surface area contributed by atoms with Gasteiger partial charge in [-0.25, -0.2) is 4.73 Å². The maximum Gasteiger partial charge on any atom is 0.223 e. The lowest BCUT2D eigenvalue weighted by atomic mass is 10.2. The molecule has 1 heterocycles. The molecule has 0 aliphatic carbocycles. The summed E-state index contributed by atoms with van der Waals surface area (Å²) < 4.78 is 22.9. The third-order valence-corrected chi connectivity index (χ3v) is 5.35. The molecule has 0 saturated heterocycles. The fraction of sp³-hybridized carbons (Fsp3) is 0.261. The normalized spacial score (nSPS) is 10.4. The number of anilines is 2. The Morgan fingerprint density at radius 2 is 1.16 bits per heavy atom. The van der Waals surface area contributed by atoms with Gasteiger partial charge >= 0.3 is 0 Å². The molecule has 3 rings (SSSR count). The quantitative estimate of drug-likeness (QED) is 0.314. The van der Waals surface area contributed by atoms with E-state index in [1.807, 2.05) is 24.3 Å². The van der Waals surface area contributed by atoms with Crippen molar-refractivity contribution in [1.82, 2.24) is 0 Å². The molecule has 0 aliphatic heterocycles.